The molecule has 0 unspecified atom stereocenters. The molecular weight excluding hydrogens is 873 g/mol. The van der Waals surface area contributed by atoms with Crippen molar-refractivity contribution >= 4 is 88.4 Å². The Hall–Kier alpha value is -9.18. The van der Waals surface area contributed by atoms with Crippen LogP contribution in [0.15, 0.2) is 259 Å². The third kappa shape index (κ3) is 6.73. The van der Waals surface area contributed by atoms with Crippen LogP contribution < -0.4 is 9.80 Å². The fourth-order valence-corrected chi connectivity index (χ4v) is 11.6. The molecule has 340 valence electrons. The summed E-state index contributed by atoms with van der Waals surface area (Å²) in [5.41, 5.74) is 17.8. The summed E-state index contributed by atoms with van der Waals surface area (Å²) in [6, 6.07) is 93.0. The van der Waals surface area contributed by atoms with E-state index in [2.05, 4.69) is 272 Å². The minimum atomic E-state index is -0.319. The standard InChI is InChI=1S/C69H48N2O/c1-69(2)63-29-16-27-59-61-43-54(71(53-34-32-47-22-12-13-23-48(47)39-53)65-30-17-28-60-58-26-14-15-31-66(58)72-68(60)65)35-33-49(61)42-62(67(59)63)57-37-36-55(44-64(57)69)70(52-24-10-5-11-25-52)56-40-50(45-18-6-3-7-19-45)38-51(41-56)46-20-8-4-9-21-46/h3-44H,1-2H3. The monoisotopic (exact) mass is 920 g/mol. The summed E-state index contributed by atoms with van der Waals surface area (Å²) < 4.78 is 6.74. The summed E-state index contributed by atoms with van der Waals surface area (Å²) in [4.78, 5) is 4.81. The Morgan fingerprint density at radius 3 is 1.68 bits per heavy atom. The maximum Gasteiger partial charge on any atom is 0.159 e. The lowest BCUT2D eigenvalue weighted by Crippen LogP contribution is -2.24. The van der Waals surface area contributed by atoms with Gasteiger partial charge in [-0.15, -0.1) is 0 Å². The zero-order valence-corrected chi connectivity index (χ0v) is 40.1. The van der Waals surface area contributed by atoms with E-state index in [9.17, 15) is 0 Å². The summed E-state index contributed by atoms with van der Waals surface area (Å²) >= 11 is 0. The molecule has 1 heterocycles. The Kier molecular flexibility index (Phi) is 9.56. The van der Waals surface area contributed by atoms with Gasteiger partial charge in [-0.05, 0) is 162 Å². The van der Waals surface area contributed by atoms with Crippen molar-refractivity contribution in [2.45, 2.75) is 19.3 Å². The molecule has 13 aromatic rings. The van der Waals surface area contributed by atoms with Crippen molar-refractivity contribution in [3.8, 4) is 33.4 Å². The lowest BCUT2D eigenvalue weighted by atomic mass is 9.68. The van der Waals surface area contributed by atoms with Crippen molar-refractivity contribution in [1.82, 2.24) is 0 Å². The molecule has 1 aromatic heterocycles. The number of para-hydroxylation sites is 3. The van der Waals surface area contributed by atoms with Gasteiger partial charge in [0.15, 0.2) is 5.58 Å². The van der Waals surface area contributed by atoms with E-state index in [4.69, 9.17) is 4.42 Å². The highest BCUT2D eigenvalue weighted by atomic mass is 16.3. The van der Waals surface area contributed by atoms with E-state index in [0.29, 0.717) is 0 Å². The van der Waals surface area contributed by atoms with Gasteiger partial charge in [0.2, 0.25) is 0 Å². The summed E-state index contributed by atoms with van der Waals surface area (Å²) in [7, 11) is 0. The largest absolute Gasteiger partial charge is 0.454 e. The molecule has 14 rings (SSSR count). The smallest absolute Gasteiger partial charge is 0.159 e. The van der Waals surface area contributed by atoms with E-state index in [-0.39, 0.29) is 5.41 Å². The molecule has 0 atom stereocenters. The van der Waals surface area contributed by atoms with Gasteiger partial charge in [-0.3, -0.25) is 0 Å². The maximum absolute atomic E-state index is 6.74. The van der Waals surface area contributed by atoms with Gasteiger partial charge >= 0.3 is 0 Å². The van der Waals surface area contributed by atoms with Crippen LogP contribution >= 0.6 is 0 Å². The van der Waals surface area contributed by atoms with E-state index in [0.717, 1.165) is 56.1 Å². The van der Waals surface area contributed by atoms with Crippen molar-refractivity contribution in [2.24, 2.45) is 0 Å². The van der Waals surface area contributed by atoms with E-state index in [1.54, 1.807) is 0 Å². The number of hydrogen-bond donors (Lipinski definition) is 0. The first-order valence-corrected chi connectivity index (χ1v) is 24.9. The van der Waals surface area contributed by atoms with Crippen LogP contribution in [0, 0.1) is 0 Å². The van der Waals surface area contributed by atoms with Crippen molar-refractivity contribution < 1.29 is 4.42 Å². The van der Waals surface area contributed by atoms with Gasteiger partial charge in [0.1, 0.15) is 5.58 Å². The number of furan rings is 1. The van der Waals surface area contributed by atoms with Crippen LogP contribution in [0.25, 0.3) is 87.6 Å². The molecule has 1 aliphatic rings. The highest BCUT2D eigenvalue weighted by Gasteiger charge is 2.35. The molecule has 0 bridgehead atoms. The molecule has 0 saturated carbocycles. The van der Waals surface area contributed by atoms with Crippen LogP contribution in [-0.2, 0) is 5.41 Å². The predicted octanol–water partition coefficient (Wildman–Crippen LogP) is 19.6. The summed E-state index contributed by atoms with van der Waals surface area (Å²) in [6.45, 7) is 4.81. The molecule has 3 heteroatoms. The van der Waals surface area contributed by atoms with Crippen LogP contribution in [0.5, 0.6) is 0 Å². The molecule has 72 heavy (non-hydrogen) atoms. The van der Waals surface area contributed by atoms with Crippen LogP contribution in [0.1, 0.15) is 25.0 Å². The molecule has 0 aliphatic heterocycles. The van der Waals surface area contributed by atoms with E-state index >= 15 is 0 Å². The Labute approximate surface area is 419 Å². The minimum absolute atomic E-state index is 0.319. The van der Waals surface area contributed by atoms with Gasteiger partial charge < -0.3 is 14.2 Å². The fourth-order valence-electron chi connectivity index (χ4n) is 11.6. The molecular formula is C69H48N2O. The number of hydrogen-bond acceptors (Lipinski definition) is 3. The van der Waals surface area contributed by atoms with Crippen molar-refractivity contribution in [3.05, 3.63) is 266 Å². The number of fused-ring (bicyclic) bond motifs is 8. The molecule has 0 amide bonds. The first kappa shape index (κ1) is 41.8. The van der Waals surface area contributed by atoms with E-state index < -0.39 is 0 Å². The van der Waals surface area contributed by atoms with Gasteiger partial charge in [-0.1, -0.05) is 184 Å². The highest BCUT2D eigenvalue weighted by Crippen LogP contribution is 2.53. The van der Waals surface area contributed by atoms with E-state index in [1.807, 2.05) is 6.07 Å². The Morgan fingerprint density at radius 1 is 0.319 bits per heavy atom. The molecule has 0 N–H and O–H groups in total. The number of benzene rings is 12. The average Bonchev–Trinajstić information content (AvgIpc) is 3.83. The maximum atomic E-state index is 6.74. The van der Waals surface area contributed by atoms with Crippen LogP contribution in [0.3, 0.4) is 0 Å². The first-order chi connectivity index (χ1) is 35.4. The molecule has 0 fully saturated rings. The molecule has 0 spiro atoms. The average molecular weight is 921 g/mol. The molecule has 12 aromatic carbocycles. The lowest BCUT2D eigenvalue weighted by molar-refractivity contribution is 0.645. The Balaban J connectivity index is 0.945. The second-order valence-corrected chi connectivity index (χ2v) is 19.7. The first-order valence-electron chi connectivity index (χ1n) is 24.9. The van der Waals surface area contributed by atoms with Crippen LogP contribution in [0.4, 0.5) is 34.1 Å². The topological polar surface area (TPSA) is 19.6 Å². The molecule has 3 nitrogen and oxygen atoms in total. The van der Waals surface area contributed by atoms with Gasteiger partial charge in [0.05, 0.1) is 5.69 Å². The molecule has 0 saturated heterocycles. The molecule has 0 radical (unpaired) electrons. The minimum Gasteiger partial charge on any atom is -0.454 e. The van der Waals surface area contributed by atoms with Crippen LogP contribution in [0.2, 0.25) is 0 Å². The van der Waals surface area contributed by atoms with Gasteiger partial charge in [0.25, 0.3) is 0 Å². The van der Waals surface area contributed by atoms with Crippen LogP contribution in [-0.4, -0.2) is 0 Å². The lowest BCUT2D eigenvalue weighted by Gasteiger charge is -2.37. The predicted molar refractivity (Wildman–Crippen MR) is 304 cm³/mol. The summed E-state index contributed by atoms with van der Waals surface area (Å²) in [6.07, 6.45) is 0. The van der Waals surface area contributed by atoms with Gasteiger partial charge in [-0.2, -0.15) is 0 Å². The van der Waals surface area contributed by atoms with Crippen molar-refractivity contribution in [1.29, 1.82) is 0 Å². The Bertz CT molecular complexity index is 4190. The number of anilines is 6. The van der Waals surface area contributed by atoms with Crippen molar-refractivity contribution in [2.75, 3.05) is 9.80 Å². The summed E-state index contributed by atoms with van der Waals surface area (Å²) in [5.74, 6) is 0. The van der Waals surface area contributed by atoms with Gasteiger partial charge in [0, 0.05) is 44.6 Å². The third-order valence-corrected chi connectivity index (χ3v) is 15.1. The zero-order valence-electron chi connectivity index (χ0n) is 40.1. The third-order valence-electron chi connectivity index (χ3n) is 15.1. The Morgan fingerprint density at radius 2 is 0.917 bits per heavy atom. The second kappa shape index (κ2) is 16.5. The number of rotatable bonds is 8. The van der Waals surface area contributed by atoms with Gasteiger partial charge in [-0.25, -0.2) is 0 Å². The quantitative estimate of drug-likeness (QED) is 0.142. The second-order valence-electron chi connectivity index (χ2n) is 19.7. The zero-order chi connectivity index (χ0) is 47.9. The SMILES string of the molecule is CC1(C)c2cc(N(c3ccccc3)c3cc(-c4ccccc4)cc(-c4ccccc4)c3)ccc2-c2cc3ccc(N(c4ccc5ccccc5c4)c4cccc5c4oc4ccccc45)cc3c3cccc1c23. The van der Waals surface area contributed by atoms with E-state index in [1.165, 1.54) is 76.8 Å². The van der Waals surface area contributed by atoms with Crippen molar-refractivity contribution in [3.63, 3.8) is 0 Å². The molecule has 1 aliphatic carbocycles. The highest BCUT2D eigenvalue weighted by molar-refractivity contribution is 6.18. The fraction of sp³-hybridized carbons (Fsp3) is 0.0435. The summed E-state index contributed by atoms with van der Waals surface area (Å²) in [5, 5.41) is 9.59. The number of nitrogens with zero attached hydrogens (tertiary/aromatic N) is 2. The normalized spacial score (nSPS) is 12.7.